The molecular formula is C32H44N4O4S. The highest BCUT2D eigenvalue weighted by Crippen LogP contribution is 2.57. The highest BCUT2D eigenvalue weighted by Gasteiger charge is 2.61. The molecule has 1 aliphatic heterocycles. The van der Waals surface area contributed by atoms with E-state index in [4.69, 9.17) is 0 Å². The van der Waals surface area contributed by atoms with Crippen LogP contribution in [0.3, 0.4) is 0 Å². The number of hydrogen-bond donors (Lipinski definition) is 2. The van der Waals surface area contributed by atoms with Crippen LogP contribution in [0.2, 0.25) is 0 Å². The van der Waals surface area contributed by atoms with Gasteiger partial charge in [0.05, 0.1) is 16.7 Å². The maximum atomic E-state index is 14.1. The number of nitrogens with zero attached hydrogens (tertiary/aromatic N) is 2. The van der Waals surface area contributed by atoms with Gasteiger partial charge in [0, 0.05) is 36.6 Å². The maximum Gasteiger partial charge on any atom is 0.240 e. The predicted octanol–water partition coefficient (Wildman–Crippen LogP) is 4.92. The summed E-state index contributed by atoms with van der Waals surface area (Å²) in [5.41, 5.74) is -1.01. The maximum absolute atomic E-state index is 14.1. The average Bonchev–Trinajstić information content (AvgIpc) is 3.84. The molecule has 8 nitrogen and oxygen atoms in total. The highest BCUT2D eigenvalue weighted by molar-refractivity contribution is 7.90. The Morgan fingerprint density at radius 1 is 1.20 bits per heavy atom. The van der Waals surface area contributed by atoms with Gasteiger partial charge >= 0.3 is 0 Å². The molecule has 2 heterocycles. The van der Waals surface area contributed by atoms with Gasteiger partial charge in [-0.1, -0.05) is 58.0 Å². The van der Waals surface area contributed by atoms with E-state index in [9.17, 15) is 18.0 Å². The summed E-state index contributed by atoms with van der Waals surface area (Å²) in [6.45, 7) is 15.6. The largest absolute Gasteiger partial charge is 0.365 e. The van der Waals surface area contributed by atoms with Gasteiger partial charge < -0.3 is 5.32 Å². The van der Waals surface area contributed by atoms with Crippen LogP contribution in [0, 0.1) is 22.7 Å². The molecule has 6 atom stereocenters. The lowest BCUT2D eigenvalue weighted by Crippen LogP contribution is -2.49. The number of nitrogens with one attached hydrogen (secondary N) is 2. The topological polar surface area (TPSA) is 108 Å². The molecule has 1 saturated heterocycles. The highest BCUT2D eigenvalue weighted by atomic mass is 32.2. The normalized spacial score (nSPS) is 28.2. The van der Waals surface area contributed by atoms with Crippen LogP contribution in [0.25, 0.3) is 10.8 Å². The van der Waals surface area contributed by atoms with Crippen LogP contribution in [-0.4, -0.2) is 59.9 Å². The summed E-state index contributed by atoms with van der Waals surface area (Å²) >= 11 is 0. The van der Waals surface area contributed by atoms with Gasteiger partial charge in [-0.25, -0.2) is 13.4 Å². The Hall–Kier alpha value is -2.78. The van der Waals surface area contributed by atoms with Crippen molar-refractivity contribution in [3.63, 3.8) is 0 Å². The van der Waals surface area contributed by atoms with Crippen molar-refractivity contribution >= 4 is 38.3 Å². The summed E-state index contributed by atoms with van der Waals surface area (Å²) in [5.74, 6) is 0.313. The van der Waals surface area contributed by atoms with Gasteiger partial charge in [0.1, 0.15) is 5.82 Å². The van der Waals surface area contributed by atoms with Crippen molar-refractivity contribution in [2.24, 2.45) is 22.7 Å². The SMILES string of the molecule is C=CC1C[C@]1(CC(=O)[C@@H]1C[C@@H](Nc2nccc3ccccc23)CN1C(C)[C@@H](C)C(C)(C)C)C(=O)NS(=O)(=O)C1CC1. The number of benzene rings is 1. The van der Waals surface area contributed by atoms with E-state index in [-0.39, 0.29) is 35.6 Å². The summed E-state index contributed by atoms with van der Waals surface area (Å²) in [4.78, 5) is 34.4. The summed E-state index contributed by atoms with van der Waals surface area (Å²) < 4.78 is 27.5. The number of amides is 1. The van der Waals surface area contributed by atoms with Gasteiger partial charge in [0.2, 0.25) is 15.9 Å². The second kappa shape index (κ2) is 10.8. The number of likely N-dealkylation sites (tertiary alicyclic amines) is 1. The minimum Gasteiger partial charge on any atom is -0.365 e. The van der Waals surface area contributed by atoms with Crippen LogP contribution in [0.1, 0.15) is 66.7 Å². The van der Waals surface area contributed by atoms with Crippen LogP contribution < -0.4 is 10.0 Å². The fourth-order valence-corrected chi connectivity index (χ4v) is 7.86. The molecule has 0 spiro atoms. The van der Waals surface area contributed by atoms with Crippen molar-refractivity contribution in [2.45, 2.75) is 90.1 Å². The van der Waals surface area contributed by atoms with Gasteiger partial charge in [-0.2, -0.15) is 0 Å². The lowest BCUT2D eigenvalue weighted by atomic mass is 9.77. The minimum atomic E-state index is -3.70. The molecule has 222 valence electrons. The molecule has 1 aromatic heterocycles. The molecule has 3 fully saturated rings. The molecule has 2 aromatic rings. The minimum absolute atomic E-state index is 0.00668. The fourth-order valence-electron chi connectivity index (χ4n) is 6.48. The molecule has 3 aliphatic rings. The molecular weight excluding hydrogens is 536 g/mol. The molecule has 2 unspecified atom stereocenters. The van der Waals surface area contributed by atoms with Crippen LogP contribution >= 0.6 is 0 Å². The number of aromatic nitrogens is 1. The number of carbonyl (C=O) groups excluding carboxylic acids is 2. The van der Waals surface area contributed by atoms with Crippen LogP contribution in [0.15, 0.2) is 49.2 Å². The molecule has 9 heteroatoms. The lowest BCUT2D eigenvalue weighted by Gasteiger charge is -2.40. The molecule has 2 N–H and O–H groups in total. The van der Waals surface area contributed by atoms with E-state index in [1.165, 1.54) is 0 Å². The van der Waals surface area contributed by atoms with Crippen LogP contribution in [0.5, 0.6) is 0 Å². The Bertz CT molecular complexity index is 1440. The second-order valence-corrected chi connectivity index (χ2v) is 15.5. The Kier molecular flexibility index (Phi) is 7.83. The van der Waals surface area contributed by atoms with E-state index >= 15 is 0 Å². The third kappa shape index (κ3) is 5.93. The van der Waals surface area contributed by atoms with Gasteiger partial charge in [0.15, 0.2) is 5.78 Å². The van der Waals surface area contributed by atoms with Crippen molar-refractivity contribution in [1.29, 1.82) is 0 Å². The fraction of sp³-hybridized carbons (Fsp3) is 0.594. The number of ketones is 1. The number of carbonyl (C=O) groups is 2. The molecule has 1 amide bonds. The monoisotopic (exact) mass is 580 g/mol. The smallest absolute Gasteiger partial charge is 0.240 e. The summed E-state index contributed by atoms with van der Waals surface area (Å²) in [6, 6.07) is 9.81. The van der Waals surface area contributed by atoms with E-state index in [2.05, 4.69) is 67.2 Å². The number of sulfonamides is 1. The summed E-state index contributed by atoms with van der Waals surface area (Å²) in [7, 11) is -3.70. The van der Waals surface area contributed by atoms with E-state index < -0.39 is 32.6 Å². The van der Waals surface area contributed by atoms with Crippen LogP contribution in [0.4, 0.5) is 5.82 Å². The number of fused-ring (bicyclic) bond motifs is 1. The van der Waals surface area contributed by atoms with E-state index in [0.29, 0.717) is 38.1 Å². The van der Waals surface area contributed by atoms with Crippen molar-refractivity contribution < 1.29 is 18.0 Å². The van der Waals surface area contributed by atoms with Gasteiger partial charge in [-0.05, 0) is 61.3 Å². The van der Waals surface area contributed by atoms with Gasteiger partial charge in [0.25, 0.3) is 0 Å². The Balaban J connectivity index is 1.39. The lowest BCUT2D eigenvalue weighted by molar-refractivity contribution is -0.132. The zero-order chi connectivity index (χ0) is 29.7. The Morgan fingerprint density at radius 3 is 2.54 bits per heavy atom. The number of anilines is 1. The van der Waals surface area contributed by atoms with Crippen molar-refractivity contribution in [3.05, 3.63) is 49.2 Å². The first-order valence-electron chi connectivity index (χ1n) is 14.8. The van der Waals surface area contributed by atoms with Crippen LogP contribution in [-0.2, 0) is 19.6 Å². The summed E-state index contributed by atoms with van der Waals surface area (Å²) in [5, 5.41) is 5.25. The van der Waals surface area contributed by atoms with Crippen molar-refractivity contribution in [1.82, 2.24) is 14.6 Å². The van der Waals surface area contributed by atoms with Crippen molar-refractivity contribution in [3.8, 4) is 0 Å². The first-order valence-corrected chi connectivity index (χ1v) is 16.4. The number of pyridine rings is 1. The second-order valence-electron chi connectivity index (χ2n) is 13.6. The van der Waals surface area contributed by atoms with E-state index in [1.54, 1.807) is 12.3 Å². The van der Waals surface area contributed by atoms with E-state index in [0.717, 1.165) is 16.6 Å². The molecule has 5 rings (SSSR count). The zero-order valence-corrected chi connectivity index (χ0v) is 25.7. The third-order valence-corrected chi connectivity index (χ3v) is 11.7. The Labute approximate surface area is 244 Å². The predicted molar refractivity (Wildman–Crippen MR) is 163 cm³/mol. The van der Waals surface area contributed by atoms with Gasteiger partial charge in [-0.15, -0.1) is 6.58 Å². The molecule has 1 aromatic carbocycles. The summed E-state index contributed by atoms with van der Waals surface area (Å²) in [6.07, 6.45) is 5.65. The number of rotatable bonds is 11. The third-order valence-electron chi connectivity index (χ3n) is 9.90. The molecule has 2 aliphatic carbocycles. The molecule has 0 radical (unpaired) electrons. The average molecular weight is 581 g/mol. The van der Waals surface area contributed by atoms with E-state index in [1.807, 2.05) is 24.3 Å². The zero-order valence-electron chi connectivity index (χ0n) is 24.9. The van der Waals surface area contributed by atoms with Gasteiger partial charge in [-0.3, -0.25) is 19.2 Å². The van der Waals surface area contributed by atoms with Crippen molar-refractivity contribution in [2.75, 3.05) is 11.9 Å². The number of hydrogen-bond acceptors (Lipinski definition) is 7. The number of Topliss-reactive ketones (excluding diaryl/α,β-unsaturated/α-hetero) is 1. The first kappa shape index (κ1) is 29.7. The molecule has 0 bridgehead atoms. The quantitative estimate of drug-likeness (QED) is 0.363. The first-order chi connectivity index (χ1) is 19.3. The molecule has 2 saturated carbocycles. The standard InChI is InChI=1S/C32H44N4O4S/c1-7-23-17-32(23,30(38)35-41(39,40)25-12-13-25)18-28(37)27-16-24(19-36(27)21(3)20(2)31(4,5)6)34-29-26-11-9-8-10-22(26)14-15-33-29/h7-11,14-15,20-21,23-25,27H,1,12-13,16-19H2,2-6H3,(H,33,34)(H,35,38)/t20-,21?,23?,24-,27+,32-/m1/s1. The molecule has 41 heavy (non-hydrogen) atoms. The Morgan fingerprint density at radius 2 is 1.90 bits per heavy atom. The number of allylic oxidation sites excluding steroid dienone is 1.